The van der Waals surface area contributed by atoms with Crippen LogP contribution in [0.1, 0.15) is 39.5 Å². The Morgan fingerprint density at radius 3 is 2.69 bits per heavy atom. The van der Waals surface area contributed by atoms with Gasteiger partial charge in [0.25, 0.3) is 0 Å². The van der Waals surface area contributed by atoms with E-state index in [1.165, 1.54) is 37.2 Å². The minimum atomic E-state index is 0.502. The maximum atomic E-state index is 5.43. The highest BCUT2D eigenvalue weighted by molar-refractivity contribution is 7.99. The summed E-state index contributed by atoms with van der Waals surface area (Å²) in [5, 5.41) is 3.84. The molecule has 1 aliphatic heterocycles. The van der Waals surface area contributed by atoms with Crippen LogP contribution in [-0.4, -0.2) is 36.8 Å². The van der Waals surface area contributed by atoms with Crippen molar-refractivity contribution in [1.29, 1.82) is 0 Å². The van der Waals surface area contributed by atoms with E-state index >= 15 is 0 Å². The van der Waals surface area contributed by atoms with E-state index in [1.807, 2.05) is 7.11 Å². The zero-order chi connectivity index (χ0) is 11.6. The first kappa shape index (κ1) is 12.7. The van der Waals surface area contributed by atoms with E-state index < -0.39 is 0 Å². The number of methoxy groups -OCH3 is 1. The molecule has 3 heteroatoms. The fourth-order valence-electron chi connectivity index (χ4n) is 3.01. The van der Waals surface area contributed by atoms with Crippen molar-refractivity contribution < 1.29 is 4.74 Å². The number of hydrogen-bond acceptors (Lipinski definition) is 3. The molecule has 0 spiro atoms. The minimum Gasteiger partial charge on any atom is -0.381 e. The van der Waals surface area contributed by atoms with Gasteiger partial charge in [0.15, 0.2) is 0 Å². The molecular weight excluding hydrogens is 218 g/mol. The fourth-order valence-corrected chi connectivity index (χ4v) is 4.30. The van der Waals surface area contributed by atoms with Gasteiger partial charge in [-0.05, 0) is 36.9 Å². The highest BCUT2D eigenvalue weighted by atomic mass is 32.2. The molecule has 0 radical (unpaired) electrons. The van der Waals surface area contributed by atoms with Gasteiger partial charge in [-0.3, -0.25) is 0 Å². The van der Waals surface area contributed by atoms with Crippen molar-refractivity contribution in [3.05, 3.63) is 0 Å². The van der Waals surface area contributed by atoms with Crippen LogP contribution in [0, 0.1) is 5.41 Å². The van der Waals surface area contributed by atoms with Gasteiger partial charge in [0.2, 0.25) is 0 Å². The van der Waals surface area contributed by atoms with Gasteiger partial charge in [-0.1, -0.05) is 13.8 Å². The third kappa shape index (κ3) is 3.38. The van der Waals surface area contributed by atoms with E-state index in [-0.39, 0.29) is 0 Å². The van der Waals surface area contributed by atoms with E-state index in [0.717, 1.165) is 0 Å². The molecule has 0 aromatic carbocycles. The normalized spacial score (nSPS) is 38.8. The van der Waals surface area contributed by atoms with Crippen LogP contribution in [0.2, 0.25) is 0 Å². The molecule has 3 unspecified atom stereocenters. The number of nitrogens with one attached hydrogen (secondary N) is 1. The Kier molecular flexibility index (Phi) is 4.20. The monoisotopic (exact) mass is 243 g/mol. The molecule has 3 atom stereocenters. The molecule has 16 heavy (non-hydrogen) atoms. The van der Waals surface area contributed by atoms with Crippen LogP contribution in [0.4, 0.5) is 0 Å². The van der Waals surface area contributed by atoms with Gasteiger partial charge in [-0.2, -0.15) is 11.8 Å². The molecule has 1 heterocycles. The fraction of sp³-hybridized carbons (Fsp3) is 1.00. The van der Waals surface area contributed by atoms with Crippen LogP contribution >= 0.6 is 11.8 Å². The smallest absolute Gasteiger partial charge is 0.0586 e. The number of rotatable bonds is 3. The van der Waals surface area contributed by atoms with Crippen molar-refractivity contribution in [2.45, 2.75) is 57.7 Å². The van der Waals surface area contributed by atoms with Gasteiger partial charge in [0.1, 0.15) is 0 Å². The highest BCUT2D eigenvalue weighted by Gasteiger charge is 2.32. The zero-order valence-corrected chi connectivity index (χ0v) is 11.6. The molecule has 1 saturated heterocycles. The molecule has 1 saturated carbocycles. The molecular formula is C13H25NOS. The molecule has 0 amide bonds. The van der Waals surface area contributed by atoms with E-state index in [1.54, 1.807) is 0 Å². The van der Waals surface area contributed by atoms with Gasteiger partial charge < -0.3 is 10.1 Å². The van der Waals surface area contributed by atoms with Crippen molar-refractivity contribution >= 4 is 11.8 Å². The summed E-state index contributed by atoms with van der Waals surface area (Å²) in [6, 6.07) is 1.42. The Hall–Kier alpha value is 0.270. The predicted octanol–water partition coefficient (Wildman–Crippen LogP) is 2.68. The summed E-state index contributed by atoms with van der Waals surface area (Å²) in [4.78, 5) is 0. The second-order valence-electron chi connectivity index (χ2n) is 6.11. The SMILES string of the molecule is COC1CCC(NC2CSCC(C)(C)C2)C1. The number of ether oxygens (including phenoxy) is 1. The van der Waals surface area contributed by atoms with Crippen LogP contribution < -0.4 is 5.32 Å². The zero-order valence-electron chi connectivity index (χ0n) is 10.8. The average Bonchev–Trinajstić information content (AvgIpc) is 2.64. The average molecular weight is 243 g/mol. The molecule has 0 bridgehead atoms. The van der Waals surface area contributed by atoms with Crippen LogP contribution in [0.15, 0.2) is 0 Å². The highest BCUT2D eigenvalue weighted by Crippen LogP contribution is 2.34. The maximum absolute atomic E-state index is 5.43. The Balaban J connectivity index is 1.77. The molecule has 94 valence electrons. The van der Waals surface area contributed by atoms with E-state index in [2.05, 4.69) is 30.9 Å². The van der Waals surface area contributed by atoms with Crippen molar-refractivity contribution in [2.75, 3.05) is 18.6 Å². The van der Waals surface area contributed by atoms with Crippen molar-refractivity contribution in [3.8, 4) is 0 Å². The number of hydrogen-bond donors (Lipinski definition) is 1. The van der Waals surface area contributed by atoms with Gasteiger partial charge in [0, 0.05) is 24.9 Å². The minimum absolute atomic E-state index is 0.502. The van der Waals surface area contributed by atoms with Crippen LogP contribution in [-0.2, 0) is 4.74 Å². The Bertz CT molecular complexity index is 232. The van der Waals surface area contributed by atoms with Gasteiger partial charge in [0.05, 0.1) is 6.10 Å². The van der Waals surface area contributed by atoms with E-state index in [0.29, 0.717) is 23.6 Å². The lowest BCUT2D eigenvalue weighted by Crippen LogP contribution is -2.44. The predicted molar refractivity (Wildman–Crippen MR) is 71.1 cm³/mol. The lowest BCUT2D eigenvalue weighted by Gasteiger charge is -2.36. The lowest BCUT2D eigenvalue weighted by molar-refractivity contribution is 0.106. The summed E-state index contributed by atoms with van der Waals surface area (Å²) >= 11 is 2.11. The molecule has 0 aromatic rings. The van der Waals surface area contributed by atoms with Crippen LogP contribution in [0.25, 0.3) is 0 Å². The molecule has 2 fully saturated rings. The summed E-state index contributed by atoms with van der Waals surface area (Å²) in [5.41, 5.74) is 0.514. The third-order valence-electron chi connectivity index (χ3n) is 3.80. The molecule has 2 aliphatic rings. The van der Waals surface area contributed by atoms with Crippen LogP contribution in [0.3, 0.4) is 0 Å². The summed E-state index contributed by atoms with van der Waals surface area (Å²) < 4.78 is 5.43. The molecule has 1 aliphatic carbocycles. The summed E-state index contributed by atoms with van der Waals surface area (Å²) in [7, 11) is 1.84. The summed E-state index contributed by atoms with van der Waals surface area (Å²) in [6.45, 7) is 4.78. The topological polar surface area (TPSA) is 21.3 Å². The summed E-state index contributed by atoms with van der Waals surface area (Å²) in [5.74, 6) is 2.61. The Morgan fingerprint density at radius 2 is 2.06 bits per heavy atom. The Labute approximate surface area is 104 Å². The van der Waals surface area contributed by atoms with Gasteiger partial charge >= 0.3 is 0 Å². The second kappa shape index (κ2) is 5.28. The number of thioether (sulfide) groups is 1. The van der Waals surface area contributed by atoms with Gasteiger partial charge in [-0.15, -0.1) is 0 Å². The first-order chi connectivity index (χ1) is 7.59. The first-order valence-corrected chi connectivity index (χ1v) is 7.61. The molecule has 2 rings (SSSR count). The second-order valence-corrected chi connectivity index (χ2v) is 7.14. The van der Waals surface area contributed by atoms with Crippen molar-refractivity contribution in [1.82, 2.24) is 5.32 Å². The molecule has 0 aromatic heterocycles. The van der Waals surface area contributed by atoms with E-state index in [9.17, 15) is 0 Å². The van der Waals surface area contributed by atoms with E-state index in [4.69, 9.17) is 4.74 Å². The Morgan fingerprint density at radius 1 is 1.25 bits per heavy atom. The summed E-state index contributed by atoms with van der Waals surface area (Å²) in [6.07, 6.45) is 5.56. The largest absolute Gasteiger partial charge is 0.381 e. The maximum Gasteiger partial charge on any atom is 0.0586 e. The molecule has 1 N–H and O–H groups in total. The van der Waals surface area contributed by atoms with Crippen molar-refractivity contribution in [2.24, 2.45) is 5.41 Å². The first-order valence-electron chi connectivity index (χ1n) is 6.46. The third-order valence-corrected chi connectivity index (χ3v) is 5.42. The van der Waals surface area contributed by atoms with Crippen molar-refractivity contribution in [3.63, 3.8) is 0 Å². The van der Waals surface area contributed by atoms with Crippen LogP contribution in [0.5, 0.6) is 0 Å². The standard InChI is InChI=1S/C13H25NOS/c1-13(2)7-11(8-16-9-13)14-10-4-5-12(6-10)15-3/h10-12,14H,4-9H2,1-3H3. The van der Waals surface area contributed by atoms with Gasteiger partial charge in [-0.25, -0.2) is 0 Å². The lowest BCUT2D eigenvalue weighted by atomic mass is 9.87. The molecule has 2 nitrogen and oxygen atoms in total. The quantitative estimate of drug-likeness (QED) is 0.823.